The van der Waals surface area contributed by atoms with E-state index in [1.165, 1.54) is 0 Å². The second-order valence-electron chi connectivity index (χ2n) is 5.51. The summed E-state index contributed by atoms with van der Waals surface area (Å²) in [6.45, 7) is 5.81. The van der Waals surface area contributed by atoms with Crippen LogP contribution in [0.25, 0.3) is 0 Å². The Morgan fingerprint density at radius 3 is 2.16 bits per heavy atom. The van der Waals surface area contributed by atoms with E-state index in [2.05, 4.69) is 10.7 Å². The number of Topliss-reactive ketones (excluding diaryl/α,β-unsaturated/α-hetero) is 1. The number of hydrazine groups is 1. The fourth-order valence-electron chi connectivity index (χ4n) is 1.85. The van der Waals surface area contributed by atoms with E-state index >= 15 is 0 Å². The number of benzene rings is 1. The van der Waals surface area contributed by atoms with Crippen LogP contribution in [0.15, 0.2) is 24.3 Å². The van der Waals surface area contributed by atoms with Crippen LogP contribution in [0, 0.1) is 0 Å². The average Bonchev–Trinajstić information content (AvgIpc) is 2.57. The Labute approximate surface area is 146 Å². The van der Waals surface area contributed by atoms with Crippen LogP contribution in [0.4, 0.5) is 0 Å². The average molecular weight is 349 g/mol. The van der Waals surface area contributed by atoms with Crippen LogP contribution in [-0.2, 0) is 14.4 Å². The Morgan fingerprint density at radius 1 is 0.960 bits per heavy atom. The van der Waals surface area contributed by atoms with Gasteiger partial charge in [-0.2, -0.15) is 0 Å². The molecule has 0 radical (unpaired) electrons. The van der Waals surface area contributed by atoms with Gasteiger partial charge in [-0.3, -0.25) is 30.0 Å². The monoisotopic (exact) mass is 349 g/mol. The third kappa shape index (κ3) is 7.47. The molecule has 0 aromatic heterocycles. The third-order valence-electron chi connectivity index (χ3n) is 3.01. The summed E-state index contributed by atoms with van der Waals surface area (Å²) in [5.74, 6) is -1.92. The number of hydrogen-bond donors (Lipinski definition) is 3. The molecule has 3 N–H and O–H groups in total. The molecule has 0 unspecified atom stereocenters. The molecule has 0 aliphatic heterocycles. The first-order valence-corrected chi connectivity index (χ1v) is 7.99. The van der Waals surface area contributed by atoms with Crippen LogP contribution >= 0.6 is 0 Å². The second-order valence-corrected chi connectivity index (χ2v) is 5.51. The third-order valence-corrected chi connectivity index (χ3v) is 3.01. The number of amides is 3. The zero-order valence-electron chi connectivity index (χ0n) is 14.5. The van der Waals surface area contributed by atoms with Crippen molar-refractivity contribution in [2.24, 2.45) is 0 Å². The van der Waals surface area contributed by atoms with Crippen LogP contribution in [0.3, 0.4) is 0 Å². The van der Waals surface area contributed by atoms with Crippen molar-refractivity contribution in [2.45, 2.75) is 39.7 Å². The molecule has 8 nitrogen and oxygen atoms in total. The Morgan fingerprint density at radius 2 is 1.60 bits per heavy atom. The van der Waals surface area contributed by atoms with Gasteiger partial charge in [0.2, 0.25) is 5.91 Å². The summed E-state index contributed by atoms with van der Waals surface area (Å²) in [7, 11) is 0. The lowest BCUT2D eigenvalue weighted by atomic mass is 10.1. The number of rotatable bonds is 7. The number of ketones is 1. The van der Waals surface area contributed by atoms with Gasteiger partial charge in [-0.25, -0.2) is 0 Å². The number of nitrogens with one attached hydrogen (secondary N) is 3. The number of carbonyl (C=O) groups is 4. The molecule has 0 saturated heterocycles. The summed E-state index contributed by atoms with van der Waals surface area (Å²) in [6.07, 6.45) is -0.133. The number of hydrogen-bond acceptors (Lipinski definition) is 5. The summed E-state index contributed by atoms with van der Waals surface area (Å²) in [5, 5.41) is 2.38. The van der Waals surface area contributed by atoms with E-state index in [0.717, 1.165) is 0 Å². The van der Waals surface area contributed by atoms with Crippen LogP contribution in [0.1, 0.15) is 44.0 Å². The zero-order chi connectivity index (χ0) is 18.8. The van der Waals surface area contributed by atoms with Crippen molar-refractivity contribution in [3.05, 3.63) is 29.8 Å². The predicted molar refractivity (Wildman–Crippen MR) is 90.7 cm³/mol. The lowest BCUT2D eigenvalue weighted by molar-refractivity contribution is -0.141. The summed E-state index contributed by atoms with van der Waals surface area (Å²) >= 11 is 0. The molecule has 0 atom stereocenters. The maximum atomic E-state index is 12.0. The second kappa shape index (κ2) is 10.1. The first-order valence-electron chi connectivity index (χ1n) is 7.99. The minimum Gasteiger partial charge on any atom is -0.494 e. The topological polar surface area (TPSA) is 114 Å². The largest absolute Gasteiger partial charge is 0.494 e. The molecule has 0 bridgehead atoms. The molecule has 1 aromatic rings. The van der Waals surface area contributed by atoms with Gasteiger partial charge in [0.25, 0.3) is 0 Å². The first-order chi connectivity index (χ1) is 11.8. The predicted octanol–water partition coefficient (Wildman–Crippen LogP) is 0.720. The van der Waals surface area contributed by atoms with Crippen molar-refractivity contribution in [1.82, 2.24) is 16.2 Å². The Balaban J connectivity index is 2.36. The minimum atomic E-state index is -0.972. The van der Waals surface area contributed by atoms with E-state index in [-0.39, 0.29) is 24.7 Å². The smallest absolute Gasteiger partial charge is 0.327 e. The van der Waals surface area contributed by atoms with Gasteiger partial charge in [0, 0.05) is 24.4 Å². The summed E-state index contributed by atoms with van der Waals surface area (Å²) < 4.78 is 5.29. The van der Waals surface area contributed by atoms with Gasteiger partial charge in [-0.15, -0.1) is 0 Å². The van der Waals surface area contributed by atoms with Crippen LogP contribution < -0.4 is 20.9 Å². The molecule has 8 heteroatoms. The van der Waals surface area contributed by atoms with Crippen molar-refractivity contribution < 1.29 is 23.9 Å². The molecule has 0 fully saturated rings. The van der Waals surface area contributed by atoms with Gasteiger partial charge in [-0.1, -0.05) is 0 Å². The summed E-state index contributed by atoms with van der Waals surface area (Å²) in [4.78, 5) is 46.4. The van der Waals surface area contributed by atoms with E-state index in [9.17, 15) is 19.2 Å². The molecule has 1 aromatic carbocycles. The number of ether oxygens (including phenoxy) is 1. The van der Waals surface area contributed by atoms with Crippen molar-refractivity contribution in [2.75, 3.05) is 6.61 Å². The Bertz CT molecular complexity index is 626. The van der Waals surface area contributed by atoms with Crippen molar-refractivity contribution in [3.63, 3.8) is 0 Å². The fourth-order valence-corrected chi connectivity index (χ4v) is 1.85. The molecule has 0 spiro atoms. The molecule has 136 valence electrons. The van der Waals surface area contributed by atoms with Gasteiger partial charge in [0.1, 0.15) is 5.75 Å². The molecule has 0 aliphatic carbocycles. The number of carbonyl (C=O) groups excluding carboxylic acids is 4. The van der Waals surface area contributed by atoms with E-state index in [1.807, 2.05) is 12.3 Å². The van der Waals surface area contributed by atoms with Gasteiger partial charge < -0.3 is 10.1 Å². The molecule has 0 heterocycles. The quantitative estimate of drug-likeness (QED) is 0.381. The van der Waals surface area contributed by atoms with Gasteiger partial charge in [-0.05, 0) is 45.0 Å². The van der Waals surface area contributed by atoms with E-state index in [1.54, 1.807) is 38.1 Å². The van der Waals surface area contributed by atoms with Crippen molar-refractivity contribution in [1.29, 1.82) is 0 Å². The van der Waals surface area contributed by atoms with Gasteiger partial charge >= 0.3 is 11.8 Å². The highest BCUT2D eigenvalue weighted by Crippen LogP contribution is 2.13. The molecule has 1 rings (SSSR count). The molecular weight excluding hydrogens is 326 g/mol. The van der Waals surface area contributed by atoms with Crippen molar-refractivity contribution in [3.8, 4) is 5.75 Å². The van der Waals surface area contributed by atoms with Crippen LogP contribution in [-0.4, -0.2) is 36.2 Å². The minimum absolute atomic E-state index is 0.0200. The van der Waals surface area contributed by atoms with E-state index in [4.69, 9.17) is 4.74 Å². The highest BCUT2D eigenvalue weighted by molar-refractivity contribution is 6.35. The maximum absolute atomic E-state index is 12.0. The van der Waals surface area contributed by atoms with Crippen LogP contribution in [0.2, 0.25) is 0 Å². The van der Waals surface area contributed by atoms with Gasteiger partial charge in [0.15, 0.2) is 5.78 Å². The van der Waals surface area contributed by atoms with E-state index < -0.39 is 17.7 Å². The lowest BCUT2D eigenvalue weighted by Crippen LogP contribution is -2.49. The zero-order valence-corrected chi connectivity index (χ0v) is 14.5. The highest BCUT2D eigenvalue weighted by Gasteiger charge is 2.15. The molecule has 0 aliphatic rings. The van der Waals surface area contributed by atoms with Gasteiger partial charge in [0.05, 0.1) is 6.61 Å². The first kappa shape index (κ1) is 20.1. The van der Waals surface area contributed by atoms with Crippen LogP contribution in [0.5, 0.6) is 5.75 Å². The molecular formula is C17H23N3O5. The Kier molecular flexibility index (Phi) is 8.11. The van der Waals surface area contributed by atoms with E-state index in [0.29, 0.717) is 17.9 Å². The fraction of sp³-hybridized carbons (Fsp3) is 0.412. The highest BCUT2D eigenvalue weighted by atomic mass is 16.5. The maximum Gasteiger partial charge on any atom is 0.327 e. The van der Waals surface area contributed by atoms with Crippen molar-refractivity contribution >= 4 is 23.5 Å². The Hall–Kier alpha value is -2.90. The standard InChI is InChI=1S/C17H23N3O5/c1-4-25-13-7-5-12(6-8-13)14(21)9-10-15(22)19-20-17(24)16(23)18-11(2)3/h5-8,11H,4,9-10H2,1-3H3,(H,18,23)(H,19,22)(H,20,24). The lowest BCUT2D eigenvalue weighted by Gasteiger charge is -2.09. The molecule has 0 saturated carbocycles. The normalized spacial score (nSPS) is 10.1. The molecule has 25 heavy (non-hydrogen) atoms. The summed E-state index contributed by atoms with van der Waals surface area (Å²) in [5.41, 5.74) is 4.56. The SMILES string of the molecule is CCOc1ccc(C(=O)CCC(=O)NNC(=O)C(=O)NC(C)C)cc1. The summed E-state index contributed by atoms with van der Waals surface area (Å²) in [6, 6.07) is 6.43. The molecule has 3 amide bonds.